The maximum atomic E-state index is 5.85. The molecule has 0 aliphatic carbocycles. The highest BCUT2D eigenvalue weighted by atomic mass is 32.2. The van der Waals surface area contributed by atoms with Crippen LogP contribution >= 0.6 is 11.8 Å². The number of allylic oxidation sites excluding steroid dienone is 1. The highest BCUT2D eigenvalue weighted by Gasteiger charge is 2.10. The summed E-state index contributed by atoms with van der Waals surface area (Å²) in [6.45, 7) is 5.87. The van der Waals surface area contributed by atoms with Crippen LogP contribution in [0.5, 0.6) is 0 Å². The van der Waals surface area contributed by atoms with E-state index >= 15 is 0 Å². The summed E-state index contributed by atoms with van der Waals surface area (Å²) in [5, 5.41) is 0.646. The van der Waals surface area contributed by atoms with E-state index in [2.05, 4.69) is 26.5 Å². The smallest absolute Gasteiger partial charge is 0.191 e. The molecule has 2 heterocycles. The van der Waals surface area contributed by atoms with Crippen LogP contribution in [0.15, 0.2) is 17.3 Å². The standard InChI is InChI=1S/C11H15N5S/c1-6(2)4-5-7-13-8-9(12)15-11(17-3)16-10(8)14-7/h1,4-5H2,2-3H3,(H3,12,13,14,15,16). The number of fused-ring (bicyclic) bond motifs is 1. The number of anilines is 1. The van der Waals surface area contributed by atoms with Crippen molar-refractivity contribution in [2.75, 3.05) is 12.0 Å². The number of hydrogen-bond donors (Lipinski definition) is 2. The molecule has 90 valence electrons. The largest absolute Gasteiger partial charge is 0.382 e. The third-order valence-electron chi connectivity index (χ3n) is 2.38. The number of rotatable bonds is 4. The minimum absolute atomic E-state index is 0.452. The maximum Gasteiger partial charge on any atom is 0.191 e. The number of nitrogens with two attached hydrogens (primary N) is 1. The lowest BCUT2D eigenvalue weighted by molar-refractivity contribution is 0.879. The number of aromatic nitrogens is 4. The Morgan fingerprint density at radius 3 is 2.82 bits per heavy atom. The summed E-state index contributed by atoms with van der Waals surface area (Å²) >= 11 is 1.46. The molecule has 0 unspecified atom stereocenters. The molecule has 0 atom stereocenters. The Kier molecular flexibility index (Phi) is 3.33. The van der Waals surface area contributed by atoms with Gasteiger partial charge in [-0.05, 0) is 19.6 Å². The average molecular weight is 249 g/mol. The van der Waals surface area contributed by atoms with Gasteiger partial charge in [0.2, 0.25) is 0 Å². The first-order valence-corrected chi connectivity index (χ1v) is 6.53. The predicted molar refractivity (Wildman–Crippen MR) is 71.0 cm³/mol. The van der Waals surface area contributed by atoms with Crippen molar-refractivity contribution >= 4 is 28.7 Å². The minimum Gasteiger partial charge on any atom is -0.382 e. The molecule has 0 spiro atoms. The van der Waals surface area contributed by atoms with E-state index in [1.807, 2.05) is 13.2 Å². The third-order valence-corrected chi connectivity index (χ3v) is 2.93. The van der Waals surface area contributed by atoms with Crippen LogP contribution in [0.4, 0.5) is 5.82 Å². The number of thioether (sulfide) groups is 1. The minimum atomic E-state index is 0.452. The Labute approximate surface area is 104 Å². The van der Waals surface area contributed by atoms with Crippen molar-refractivity contribution in [2.45, 2.75) is 24.9 Å². The summed E-state index contributed by atoms with van der Waals surface area (Å²) in [4.78, 5) is 16.1. The van der Waals surface area contributed by atoms with E-state index in [9.17, 15) is 0 Å². The number of H-pyrrole nitrogens is 1. The average Bonchev–Trinajstić information content (AvgIpc) is 2.69. The van der Waals surface area contributed by atoms with E-state index in [-0.39, 0.29) is 0 Å². The second-order valence-electron chi connectivity index (χ2n) is 3.93. The summed E-state index contributed by atoms with van der Waals surface area (Å²) in [5.74, 6) is 1.33. The summed E-state index contributed by atoms with van der Waals surface area (Å²) < 4.78 is 0. The van der Waals surface area contributed by atoms with E-state index in [1.165, 1.54) is 11.8 Å². The van der Waals surface area contributed by atoms with Crippen LogP contribution in [0.25, 0.3) is 11.2 Å². The third kappa shape index (κ3) is 2.58. The molecule has 0 amide bonds. The first-order valence-electron chi connectivity index (χ1n) is 5.30. The van der Waals surface area contributed by atoms with Gasteiger partial charge in [-0.3, -0.25) is 0 Å². The number of aryl methyl sites for hydroxylation is 1. The normalized spacial score (nSPS) is 10.9. The van der Waals surface area contributed by atoms with Crippen molar-refractivity contribution in [3.63, 3.8) is 0 Å². The highest BCUT2D eigenvalue weighted by molar-refractivity contribution is 7.98. The zero-order valence-corrected chi connectivity index (χ0v) is 10.8. The molecule has 0 aromatic carbocycles. The van der Waals surface area contributed by atoms with Crippen LogP contribution in [0, 0.1) is 0 Å². The number of nitrogen functional groups attached to an aromatic ring is 1. The van der Waals surface area contributed by atoms with Crippen molar-refractivity contribution < 1.29 is 0 Å². The number of imidazole rings is 1. The van der Waals surface area contributed by atoms with Crippen LogP contribution in [0.2, 0.25) is 0 Å². The number of aromatic amines is 1. The molecule has 6 heteroatoms. The van der Waals surface area contributed by atoms with Crippen molar-refractivity contribution in [2.24, 2.45) is 0 Å². The molecule has 2 aromatic heterocycles. The first kappa shape index (κ1) is 11.9. The second-order valence-corrected chi connectivity index (χ2v) is 4.71. The Hall–Kier alpha value is -1.56. The van der Waals surface area contributed by atoms with Gasteiger partial charge in [-0.25, -0.2) is 15.0 Å². The van der Waals surface area contributed by atoms with Crippen molar-refractivity contribution in [3.8, 4) is 0 Å². The zero-order valence-electron chi connectivity index (χ0n) is 9.95. The predicted octanol–water partition coefficient (Wildman–Crippen LogP) is 2.17. The van der Waals surface area contributed by atoms with Gasteiger partial charge in [0.1, 0.15) is 11.3 Å². The van der Waals surface area contributed by atoms with E-state index < -0.39 is 0 Å². The Bertz CT molecular complexity index is 560. The second kappa shape index (κ2) is 4.75. The molecule has 0 radical (unpaired) electrons. The lowest BCUT2D eigenvalue weighted by Gasteiger charge is -1.96. The van der Waals surface area contributed by atoms with E-state index in [4.69, 9.17) is 5.73 Å². The molecule has 0 aliphatic rings. The van der Waals surface area contributed by atoms with E-state index in [0.717, 1.165) is 29.8 Å². The summed E-state index contributed by atoms with van der Waals surface area (Å²) in [6, 6.07) is 0. The lowest BCUT2D eigenvalue weighted by atomic mass is 10.2. The highest BCUT2D eigenvalue weighted by Crippen LogP contribution is 2.19. The van der Waals surface area contributed by atoms with Crippen molar-refractivity contribution in [1.29, 1.82) is 0 Å². The number of hydrogen-bond acceptors (Lipinski definition) is 5. The van der Waals surface area contributed by atoms with Gasteiger partial charge in [-0.2, -0.15) is 0 Å². The number of nitrogens with zero attached hydrogens (tertiary/aromatic N) is 3. The van der Waals surface area contributed by atoms with Crippen LogP contribution in [0.1, 0.15) is 19.2 Å². The molecule has 0 saturated carbocycles. The van der Waals surface area contributed by atoms with E-state index in [1.54, 1.807) is 0 Å². The van der Waals surface area contributed by atoms with Gasteiger partial charge in [0.05, 0.1) is 0 Å². The van der Waals surface area contributed by atoms with Crippen LogP contribution in [-0.2, 0) is 6.42 Å². The van der Waals surface area contributed by atoms with Gasteiger partial charge in [0.15, 0.2) is 16.6 Å². The molecule has 17 heavy (non-hydrogen) atoms. The van der Waals surface area contributed by atoms with Crippen molar-refractivity contribution in [1.82, 2.24) is 19.9 Å². The quantitative estimate of drug-likeness (QED) is 0.493. The fraction of sp³-hybridized carbons (Fsp3) is 0.364. The molecule has 0 bridgehead atoms. The molecule has 0 saturated heterocycles. The fourth-order valence-electron chi connectivity index (χ4n) is 1.49. The van der Waals surface area contributed by atoms with Gasteiger partial charge >= 0.3 is 0 Å². The van der Waals surface area contributed by atoms with Gasteiger partial charge < -0.3 is 10.7 Å². The molecule has 3 N–H and O–H groups in total. The van der Waals surface area contributed by atoms with E-state index in [0.29, 0.717) is 16.6 Å². The monoisotopic (exact) mass is 249 g/mol. The molecule has 0 aliphatic heterocycles. The molecule has 5 nitrogen and oxygen atoms in total. The molecule has 2 rings (SSSR count). The number of nitrogens with one attached hydrogen (secondary N) is 1. The Morgan fingerprint density at radius 2 is 2.18 bits per heavy atom. The van der Waals surface area contributed by atoms with Crippen molar-refractivity contribution in [3.05, 3.63) is 18.0 Å². The SMILES string of the molecule is C=C(C)CCc1nc2nc(SC)nc(N)c2[nH]1. The van der Waals surface area contributed by atoms with Gasteiger partial charge in [-0.1, -0.05) is 17.3 Å². The van der Waals surface area contributed by atoms with Crippen LogP contribution < -0.4 is 5.73 Å². The molecular weight excluding hydrogens is 234 g/mol. The maximum absolute atomic E-state index is 5.85. The topological polar surface area (TPSA) is 80.5 Å². The summed E-state index contributed by atoms with van der Waals surface area (Å²) in [7, 11) is 0. The van der Waals surface area contributed by atoms with Gasteiger partial charge in [-0.15, -0.1) is 6.58 Å². The summed E-state index contributed by atoms with van der Waals surface area (Å²) in [6.07, 6.45) is 3.64. The van der Waals surface area contributed by atoms with Gasteiger partial charge in [0.25, 0.3) is 0 Å². The van der Waals surface area contributed by atoms with Crippen LogP contribution in [0.3, 0.4) is 0 Å². The molecular formula is C11H15N5S. The Balaban J connectivity index is 2.36. The first-order chi connectivity index (χ1) is 8.10. The Morgan fingerprint density at radius 1 is 1.41 bits per heavy atom. The summed E-state index contributed by atoms with van der Waals surface area (Å²) in [5.41, 5.74) is 8.34. The van der Waals surface area contributed by atoms with Gasteiger partial charge in [0, 0.05) is 6.42 Å². The molecule has 2 aromatic rings. The molecule has 0 fully saturated rings. The van der Waals surface area contributed by atoms with Crippen LogP contribution in [-0.4, -0.2) is 26.2 Å². The fourth-order valence-corrected chi connectivity index (χ4v) is 1.85. The zero-order chi connectivity index (χ0) is 12.4. The lowest BCUT2D eigenvalue weighted by Crippen LogP contribution is -1.95.